The Morgan fingerprint density at radius 2 is 1.90 bits per heavy atom. The first-order valence-electron chi connectivity index (χ1n) is 7.80. The summed E-state index contributed by atoms with van der Waals surface area (Å²) in [5.41, 5.74) is 4.85. The highest BCUT2D eigenvalue weighted by molar-refractivity contribution is 5.47. The molecule has 1 aromatic rings. The minimum Gasteiger partial charge on any atom is -0.367 e. The lowest BCUT2D eigenvalue weighted by molar-refractivity contribution is -0.0458. The summed E-state index contributed by atoms with van der Waals surface area (Å²) in [6, 6.07) is 0. The maximum atomic E-state index is 6.07. The summed E-state index contributed by atoms with van der Waals surface area (Å²) < 4.78 is 6.07. The van der Waals surface area contributed by atoms with Gasteiger partial charge >= 0.3 is 0 Å². The number of hydrazine groups is 1. The summed E-state index contributed by atoms with van der Waals surface area (Å²) in [7, 11) is 0. The molecule has 1 saturated carbocycles. The molecular weight excluding hydrogens is 252 g/mol. The van der Waals surface area contributed by atoms with Crippen molar-refractivity contribution >= 4 is 5.82 Å². The topological polar surface area (TPSA) is 73.1 Å². The highest BCUT2D eigenvalue weighted by Gasteiger charge is 2.40. The van der Waals surface area contributed by atoms with Gasteiger partial charge in [-0.15, -0.1) is 0 Å². The second-order valence-corrected chi connectivity index (χ2v) is 5.81. The highest BCUT2D eigenvalue weighted by Crippen LogP contribution is 2.41. The quantitative estimate of drug-likeness (QED) is 0.653. The molecule has 0 spiro atoms. The molecule has 0 saturated heterocycles. The van der Waals surface area contributed by atoms with E-state index in [1.165, 1.54) is 36.9 Å². The molecule has 0 unspecified atom stereocenters. The van der Waals surface area contributed by atoms with Crippen molar-refractivity contribution in [2.45, 2.75) is 63.9 Å². The molecule has 2 aliphatic carbocycles. The Labute approximate surface area is 120 Å². The molecule has 2 aliphatic rings. The molecule has 5 heteroatoms. The van der Waals surface area contributed by atoms with E-state index in [1.54, 1.807) is 0 Å². The summed E-state index contributed by atoms with van der Waals surface area (Å²) >= 11 is 0. The largest absolute Gasteiger partial charge is 0.367 e. The van der Waals surface area contributed by atoms with Crippen molar-refractivity contribution in [3.05, 3.63) is 17.1 Å². The van der Waals surface area contributed by atoms with E-state index in [0.29, 0.717) is 6.61 Å². The number of nitrogens with zero attached hydrogens (tertiary/aromatic N) is 2. The molecule has 110 valence electrons. The van der Waals surface area contributed by atoms with E-state index in [0.717, 1.165) is 37.3 Å². The Morgan fingerprint density at radius 3 is 2.60 bits per heavy atom. The van der Waals surface area contributed by atoms with Gasteiger partial charge < -0.3 is 10.2 Å². The van der Waals surface area contributed by atoms with E-state index in [1.807, 2.05) is 6.92 Å². The molecule has 0 bridgehead atoms. The van der Waals surface area contributed by atoms with Crippen LogP contribution in [0.15, 0.2) is 0 Å². The van der Waals surface area contributed by atoms with Gasteiger partial charge in [0.1, 0.15) is 11.4 Å². The molecule has 5 nitrogen and oxygen atoms in total. The normalized spacial score (nSPS) is 20.7. The van der Waals surface area contributed by atoms with Crippen LogP contribution in [0.5, 0.6) is 0 Å². The Bertz CT molecular complexity index is 466. The van der Waals surface area contributed by atoms with E-state index >= 15 is 0 Å². The summed E-state index contributed by atoms with van der Waals surface area (Å²) in [5.74, 6) is 7.32. The summed E-state index contributed by atoms with van der Waals surface area (Å²) in [6.07, 6.45) is 8.86. The first-order valence-corrected chi connectivity index (χ1v) is 7.80. The number of hydrogen-bond acceptors (Lipinski definition) is 5. The Morgan fingerprint density at radius 1 is 1.15 bits per heavy atom. The molecule has 1 fully saturated rings. The van der Waals surface area contributed by atoms with Crippen LogP contribution in [-0.4, -0.2) is 16.6 Å². The molecule has 1 heterocycles. The van der Waals surface area contributed by atoms with E-state index in [9.17, 15) is 0 Å². The third kappa shape index (κ3) is 2.29. The number of nitrogens with two attached hydrogens (primary N) is 1. The van der Waals surface area contributed by atoms with Crippen molar-refractivity contribution in [3.63, 3.8) is 0 Å². The summed E-state index contributed by atoms with van der Waals surface area (Å²) in [6.45, 7) is 2.74. The minimum atomic E-state index is -0.285. The molecular formula is C15H24N4O. The van der Waals surface area contributed by atoms with Crippen LogP contribution in [0.2, 0.25) is 0 Å². The van der Waals surface area contributed by atoms with Crippen molar-refractivity contribution in [1.82, 2.24) is 9.97 Å². The van der Waals surface area contributed by atoms with Crippen LogP contribution < -0.4 is 11.3 Å². The first-order chi connectivity index (χ1) is 9.79. The van der Waals surface area contributed by atoms with Gasteiger partial charge in [-0.3, -0.25) is 0 Å². The second-order valence-electron chi connectivity index (χ2n) is 5.81. The van der Waals surface area contributed by atoms with E-state index in [2.05, 4.69) is 5.43 Å². The lowest BCUT2D eigenvalue weighted by atomic mass is 9.94. The van der Waals surface area contributed by atoms with Crippen LogP contribution >= 0.6 is 0 Å². The van der Waals surface area contributed by atoms with Gasteiger partial charge in [-0.05, 0) is 58.3 Å². The standard InChI is InChI=1S/C15H24N4O/c1-2-20-15(9-5-6-10-15)14-17-12-8-4-3-7-11(12)13(18-14)19-16/h2-10,16H2,1H3,(H,17,18,19). The zero-order valence-corrected chi connectivity index (χ0v) is 12.2. The average Bonchev–Trinajstić information content (AvgIpc) is 2.96. The van der Waals surface area contributed by atoms with E-state index in [4.69, 9.17) is 20.5 Å². The van der Waals surface area contributed by atoms with Gasteiger partial charge in [-0.2, -0.15) is 0 Å². The molecule has 20 heavy (non-hydrogen) atoms. The summed E-state index contributed by atoms with van der Waals surface area (Å²) in [5, 5.41) is 0. The molecule has 3 N–H and O–H groups in total. The van der Waals surface area contributed by atoms with Gasteiger partial charge in [0.15, 0.2) is 5.82 Å². The van der Waals surface area contributed by atoms with Crippen LogP contribution in [0.3, 0.4) is 0 Å². The van der Waals surface area contributed by atoms with Crippen LogP contribution in [0.4, 0.5) is 5.82 Å². The van der Waals surface area contributed by atoms with E-state index in [-0.39, 0.29) is 5.60 Å². The Hall–Kier alpha value is -1.20. The Balaban J connectivity index is 2.04. The molecule has 0 aromatic carbocycles. The predicted molar refractivity (Wildman–Crippen MR) is 78.3 cm³/mol. The summed E-state index contributed by atoms with van der Waals surface area (Å²) in [4.78, 5) is 9.57. The predicted octanol–water partition coefficient (Wildman–Crippen LogP) is 2.45. The van der Waals surface area contributed by atoms with Crippen LogP contribution in [0, 0.1) is 0 Å². The van der Waals surface area contributed by atoms with Crippen molar-refractivity contribution in [2.24, 2.45) is 5.84 Å². The number of hydrogen-bond donors (Lipinski definition) is 2. The minimum absolute atomic E-state index is 0.285. The molecule has 0 amide bonds. The number of rotatable bonds is 4. The highest BCUT2D eigenvalue weighted by atomic mass is 16.5. The lowest BCUT2D eigenvalue weighted by Crippen LogP contribution is -2.31. The average molecular weight is 276 g/mol. The molecule has 0 atom stereocenters. The fourth-order valence-electron chi connectivity index (χ4n) is 3.57. The van der Waals surface area contributed by atoms with Crippen molar-refractivity contribution in [1.29, 1.82) is 0 Å². The van der Waals surface area contributed by atoms with Crippen LogP contribution in [0.25, 0.3) is 0 Å². The number of aryl methyl sites for hydroxylation is 1. The maximum Gasteiger partial charge on any atom is 0.162 e. The van der Waals surface area contributed by atoms with Crippen molar-refractivity contribution < 1.29 is 4.74 Å². The van der Waals surface area contributed by atoms with Gasteiger partial charge in [0.25, 0.3) is 0 Å². The van der Waals surface area contributed by atoms with Crippen molar-refractivity contribution in [2.75, 3.05) is 12.0 Å². The van der Waals surface area contributed by atoms with Gasteiger partial charge in [0.2, 0.25) is 0 Å². The zero-order valence-electron chi connectivity index (χ0n) is 12.2. The Kier molecular flexibility index (Phi) is 3.89. The fraction of sp³-hybridized carbons (Fsp3) is 0.733. The van der Waals surface area contributed by atoms with Crippen LogP contribution in [0.1, 0.15) is 62.5 Å². The lowest BCUT2D eigenvalue weighted by Gasteiger charge is -2.29. The molecule has 0 aliphatic heterocycles. The first kappa shape index (κ1) is 13.8. The third-order valence-corrected chi connectivity index (χ3v) is 4.56. The van der Waals surface area contributed by atoms with Gasteiger partial charge in [-0.25, -0.2) is 15.8 Å². The van der Waals surface area contributed by atoms with Crippen LogP contribution in [-0.2, 0) is 23.2 Å². The maximum absolute atomic E-state index is 6.07. The molecule has 0 radical (unpaired) electrons. The fourth-order valence-corrected chi connectivity index (χ4v) is 3.57. The zero-order chi connectivity index (χ0) is 14.0. The van der Waals surface area contributed by atoms with Gasteiger partial charge in [0.05, 0.1) is 0 Å². The molecule has 3 rings (SSSR count). The third-order valence-electron chi connectivity index (χ3n) is 4.56. The number of anilines is 1. The van der Waals surface area contributed by atoms with E-state index < -0.39 is 0 Å². The number of aromatic nitrogens is 2. The number of fused-ring (bicyclic) bond motifs is 1. The smallest absolute Gasteiger partial charge is 0.162 e. The second kappa shape index (κ2) is 5.66. The van der Waals surface area contributed by atoms with Crippen molar-refractivity contribution in [3.8, 4) is 0 Å². The van der Waals surface area contributed by atoms with Gasteiger partial charge in [-0.1, -0.05) is 0 Å². The number of ether oxygens (including phenoxy) is 1. The monoisotopic (exact) mass is 276 g/mol. The number of nitrogens with one attached hydrogen (secondary N) is 1. The SMILES string of the molecule is CCOC1(c2nc3c(c(NN)n2)CCCC3)CCCC1. The van der Waals surface area contributed by atoms with Gasteiger partial charge in [0, 0.05) is 17.9 Å². The molecule has 1 aromatic heterocycles. The number of nitrogen functional groups attached to an aromatic ring is 1.